The maximum Gasteiger partial charge on any atom is 0.249 e. The molecule has 0 heterocycles. The van der Waals surface area contributed by atoms with E-state index >= 15 is 0 Å². The Bertz CT molecular complexity index is 168. The number of hydrogen-bond acceptors (Lipinski definition) is 0. The molecule has 0 aromatic carbocycles. The fourth-order valence-electron chi connectivity index (χ4n) is 2.77. The number of rotatable bonds is 0. The lowest BCUT2D eigenvalue weighted by molar-refractivity contribution is -0.175. The lowest BCUT2D eigenvalue weighted by Gasteiger charge is -2.50. The van der Waals surface area contributed by atoms with E-state index in [1.165, 1.54) is 0 Å². The Hall–Kier alpha value is -0.140. The Balaban J connectivity index is 1.91. The molecule has 0 nitrogen and oxygen atoms in total. The van der Waals surface area contributed by atoms with Crippen molar-refractivity contribution in [1.29, 1.82) is 0 Å². The highest BCUT2D eigenvalue weighted by Crippen LogP contribution is 2.59. The third kappa shape index (κ3) is 1.36. The van der Waals surface area contributed by atoms with E-state index in [-0.39, 0.29) is 18.3 Å². The monoisotopic (exact) mass is 174 g/mol. The molecule has 0 atom stereocenters. The van der Waals surface area contributed by atoms with Crippen LogP contribution < -0.4 is 0 Å². The summed E-state index contributed by atoms with van der Waals surface area (Å²) in [5, 5.41) is 0. The Morgan fingerprint density at radius 3 is 2.00 bits per heavy atom. The highest BCUT2D eigenvalue weighted by atomic mass is 19.3. The molecule has 2 saturated carbocycles. The second-order valence-corrected chi connectivity index (χ2v) is 4.89. The van der Waals surface area contributed by atoms with Crippen LogP contribution in [0.3, 0.4) is 0 Å². The number of halogens is 2. The topological polar surface area (TPSA) is 0 Å². The van der Waals surface area contributed by atoms with E-state index < -0.39 is 5.92 Å². The highest BCUT2D eigenvalue weighted by Gasteiger charge is 2.56. The van der Waals surface area contributed by atoms with E-state index in [1.54, 1.807) is 0 Å². The molecule has 2 aliphatic rings. The maximum atomic E-state index is 12.7. The quantitative estimate of drug-likeness (QED) is 0.526. The largest absolute Gasteiger partial charge is 0.249 e. The van der Waals surface area contributed by atoms with Crippen molar-refractivity contribution in [3.05, 3.63) is 0 Å². The first-order valence-corrected chi connectivity index (χ1v) is 4.89. The van der Waals surface area contributed by atoms with Crippen LogP contribution in [0.4, 0.5) is 8.78 Å². The molecule has 1 spiro atoms. The van der Waals surface area contributed by atoms with Crippen molar-refractivity contribution in [2.45, 2.75) is 51.4 Å². The van der Waals surface area contributed by atoms with E-state index in [2.05, 4.69) is 6.92 Å². The zero-order valence-electron chi connectivity index (χ0n) is 7.58. The summed E-state index contributed by atoms with van der Waals surface area (Å²) in [6.07, 6.45) is 4.76. The van der Waals surface area contributed by atoms with E-state index in [9.17, 15) is 8.78 Å². The molecule has 70 valence electrons. The van der Waals surface area contributed by atoms with Gasteiger partial charge in [-0.15, -0.1) is 0 Å². The summed E-state index contributed by atoms with van der Waals surface area (Å²) in [5.41, 5.74) is 0.0655. The first-order chi connectivity index (χ1) is 5.52. The molecule has 0 bridgehead atoms. The minimum atomic E-state index is -2.32. The van der Waals surface area contributed by atoms with Crippen LogP contribution in [-0.4, -0.2) is 5.92 Å². The zero-order chi connectivity index (χ0) is 8.82. The van der Waals surface area contributed by atoms with Gasteiger partial charge in [-0.25, -0.2) is 8.78 Å². The minimum Gasteiger partial charge on any atom is -0.207 e. The van der Waals surface area contributed by atoms with Gasteiger partial charge in [0.05, 0.1) is 0 Å². The summed E-state index contributed by atoms with van der Waals surface area (Å²) in [6, 6.07) is 0. The average Bonchev–Trinajstić information content (AvgIpc) is 1.91. The van der Waals surface area contributed by atoms with Crippen LogP contribution in [0.5, 0.6) is 0 Å². The molecule has 2 aliphatic carbocycles. The summed E-state index contributed by atoms with van der Waals surface area (Å²) < 4.78 is 25.3. The molecule has 0 N–H and O–H groups in total. The van der Waals surface area contributed by atoms with Crippen LogP contribution in [-0.2, 0) is 0 Å². The molecule has 0 aromatic heterocycles. The maximum absolute atomic E-state index is 12.7. The standard InChI is InChI=1S/C10H16F2/c1-8-2-4-9(5-3-8)6-10(11,12)7-9/h8H,2-7H2,1H3. The van der Waals surface area contributed by atoms with Crippen molar-refractivity contribution in [3.8, 4) is 0 Å². The van der Waals surface area contributed by atoms with Gasteiger partial charge < -0.3 is 0 Å². The van der Waals surface area contributed by atoms with Gasteiger partial charge in [0.15, 0.2) is 0 Å². The highest BCUT2D eigenvalue weighted by molar-refractivity contribution is 5.00. The van der Waals surface area contributed by atoms with Gasteiger partial charge in [-0.05, 0) is 24.2 Å². The van der Waals surface area contributed by atoms with Crippen molar-refractivity contribution in [2.75, 3.05) is 0 Å². The lowest BCUT2D eigenvalue weighted by Crippen LogP contribution is -2.47. The van der Waals surface area contributed by atoms with Crippen molar-refractivity contribution < 1.29 is 8.78 Å². The van der Waals surface area contributed by atoms with Gasteiger partial charge in [0, 0.05) is 12.8 Å². The van der Waals surface area contributed by atoms with E-state index in [4.69, 9.17) is 0 Å². The second kappa shape index (κ2) is 2.43. The summed E-state index contributed by atoms with van der Waals surface area (Å²) in [4.78, 5) is 0. The van der Waals surface area contributed by atoms with Crippen LogP contribution in [0.25, 0.3) is 0 Å². The van der Waals surface area contributed by atoms with Crippen molar-refractivity contribution >= 4 is 0 Å². The number of hydrogen-bond donors (Lipinski definition) is 0. The zero-order valence-corrected chi connectivity index (χ0v) is 7.58. The molecule has 0 saturated heterocycles. The summed E-state index contributed by atoms with van der Waals surface area (Å²) >= 11 is 0. The molecular formula is C10H16F2. The van der Waals surface area contributed by atoms with Gasteiger partial charge >= 0.3 is 0 Å². The molecule has 0 aliphatic heterocycles. The third-order valence-electron chi connectivity index (χ3n) is 3.60. The van der Waals surface area contributed by atoms with Crippen molar-refractivity contribution in [3.63, 3.8) is 0 Å². The predicted octanol–water partition coefficient (Wildman–Crippen LogP) is 3.61. The fraction of sp³-hybridized carbons (Fsp3) is 1.00. The van der Waals surface area contributed by atoms with Crippen LogP contribution in [0.15, 0.2) is 0 Å². The first-order valence-electron chi connectivity index (χ1n) is 4.89. The lowest BCUT2D eigenvalue weighted by atomic mass is 9.57. The third-order valence-corrected chi connectivity index (χ3v) is 3.60. The van der Waals surface area contributed by atoms with Crippen LogP contribution in [0.1, 0.15) is 45.4 Å². The van der Waals surface area contributed by atoms with Crippen molar-refractivity contribution in [1.82, 2.24) is 0 Å². The average molecular weight is 174 g/mol. The van der Waals surface area contributed by atoms with Gasteiger partial charge in [0.1, 0.15) is 0 Å². The number of alkyl halides is 2. The minimum absolute atomic E-state index is 0.0655. The Labute approximate surface area is 72.3 Å². The fourth-order valence-corrected chi connectivity index (χ4v) is 2.77. The van der Waals surface area contributed by atoms with Crippen LogP contribution in [0, 0.1) is 11.3 Å². The first kappa shape index (κ1) is 8.46. The molecule has 0 aromatic rings. The molecule has 0 amide bonds. The van der Waals surface area contributed by atoms with Crippen LogP contribution in [0.2, 0.25) is 0 Å². The molecule has 0 radical (unpaired) electrons. The Morgan fingerprint density at radius 1 is 1.08 bits per heavy atom. The molecule has 0 unspecified atom stereocenters. The van der Waals surface area contributed by atoms with Crippen molar-refractivity contribution in [2.24, 2.45) is 11.3 Å². The van der Waals surface area contributed by atoms with Gasteiger partial charge in [0.25, 0.3) is 0 Å². The smallest absolute Gasteiger partial charge is 0.207 e. The van der Waals surface area contributed by atoms with Gasteiger partial charge in [-0.3, -0.25) is 0 Å². The molecule has 2 heteroatoms. The Kier molecular flexibility index (Phi) is 1.71. The predicted molar refractivity (Wildman–Crippen MR) is 44.2 cm³/mol. The second-order valence-electron chi connectivity index (χ2n) is 4.89. The van der Waals surface area contributed by atoms with E-state index in [0.717, 1.165) is 31.6 Å². The SMILES string of the molecule is CC1CCC2(CC1)CC(F)(F)C2. The van der Waals surface area contributed by atoms with E-state index in [0.29, 0.717) is 0 Å². The van der Waals surface area contributed by atoms with Gasteiger partial charge in [0.2, 0.25) is 5.92 Å². The summed E-state index contributed by atoms with van der Waals surface area (Å²) in [6.45, 7) is 2.23. The Morgan fingerprint density at radius 2 is 1.58 bits per heavy atom. The summed E-state index contributed by atoms with van der Waals surface area (Å²) in [5.74, 6) is -1.55. The van der Waals surface area contributed by atoms with Gasteiger partial charge in [-0.2, -0.15) is 0 Å². The molecule has 2 fully saturated rings. The molecule has 2 rings (SSSR count). The van der Waals surface area contributed by atoms with Crippen LogP contribution >= 0.6 is 0 Å². The molecule has 12 heavy (non-hydrogen) atoms. The normalized spacial score (nSPS) is 33.2. The molecular weight excluding hydrogens is 158 g/mol. The van der Waals surface area contributed by atoms with E-state index in [1.807, 2.05) is 0 Å². The summed E-state index contributed by atoms with van der Waals surface area (Å²) in [7, 11) is 0. The van der Waals surface area contributed by atoms with Gasteiger partial charge in [-0.1, -0.05) is 19.8 Å².